The van der Waals surface area contributed by atoms with Crippen molar-refractivity contribution >= 4 is 17.5 Å². The molecule has 0 saturated heterocycles. The zero-order valence-corrected chi connectivity index (χ0v) is 10.2. The Kier molecular flexibility index (Phi) is 3.49. The molecule has 1 fully saturated rings. The van der Waals surface area contributed by atoms with E-state index in [9.17, 15) is 4.79 Å². The second kappa shape index (κ2) is 4.88. The first-order chi connectivity index (χ1) is 7.66. The summed E-state index contributed by atoms with van der Waals surface area (Å²) in [5.74, 6) is 0.0288. The predicted molar refractivity (Wildman–Crippen MR) is 65.9 cm³/mol. The van der Waals surface area contributed by atoms with Crippen molar-refractivity contribution in [3.05, 3.63) is 34.3 Å². The molecule has 0 aliphatic heterocycles. The second-order valence-corrected chi connectivity index (χ2v) is 4.85. The van der Waals surface area contributed by atoms with E-state index in [1.54, 1.807) is 12.1 Å². The van der Waals surface area contributed by atoms with E-state index < -0.39 is 0 Å². The highest BCUT2D eigenvalue weighted by Gasteiger charge is 2.18. The van der Waals surface area contributed by atoms with Crippen molar-refractivity contribution in [3.63, 3.8) is 0 Å². The van der Waals surface area contributed by atoms with Crippen LogP contribution in [-0.2, 0) is 0 Å². The Labute approximate surface area is 101 Å². The summed E-state index contributed by atoms with van der Waals surface area (Å²) in [6.45, 7) is 1.91. The van der Waals surface area contributed by atoms with E-state index in [4.69, 9.17) is 11.6 Å². The first-order valence-electron chi connectivity index (χ1n) is 5.74. The number of carbonyl (C=O) groups excluding carboxylic acids is 1. The first kappa shape index (κ1) is 11.5. The maximum Gasteiger partial charge on any atom is 0.251 e. The van der Waals surface area contributed by atoms with E-state index in [-0.39, 0.29) is 5.91 Å². The smallest absolute Gasteiger partial charge is 0.251 e. The van der Waals surface area contributed by atoms with Crippen molar-refractivity contribution in [3.8, 4) is 0 Å². The quantitative estimate of drug-likeness (QED) is 0.840. The Morgan fingerprint density at radius 1 is 1.38 bits per heavy atom. The first-order valence-corrected chi connectivity index (χ1v) is 6.11. The van der Waals surface area contributed by atoms with Gasteiger partial charge in [-0.25, -0.2) is 0 Å². The summed E-state index contributed by atoms with van der Waals surface area (Å²) >= 11 is 5.86. The summed E-state index contributed by atoms with van der Waals surface area (Å²) in [7, 11) is 0. The normalized spacial score (nSPS) is 16.4. The van der Waals surface area contributed by atoms with E-state index in [0.29, 0.717) is 11.1 Å². The molecule has 0 radical (unpaired) electrons. The highest BCUT2D eigenvalue weighted by Crippen LogP contribution is 2.19. The average molecular weight is 238 g/mol. The summed E-state index contributed by atoms with van der Waals surface area (Å²) in [4.78, 5) is 12.0. The summed E-state index contributed by atoms with van der Waals surface area (Å²) < 4.78 is 0. The molecule has 1 aliphatic rings. The molecule has 1 amide bonds. The van der Waals surface area contributed by atoms with Crippen molar-refractivity contribution in [2.45, 2.75) is 38.6 Å². The lowest BCUT2D eigenvalue weighted by Crippen LogP contribution is -2.32. The molecule has 1 N–H and O–H groups in total. The van der Waals surface area contributed by atoms with Crippen LogP contribution in [0.4, 0.5) is 0 Å². The number of carbonyl (C=O) groups is 1. The molecule has 86 valence electrons. The van der Waals surface area contributed by atoms with Crippen LogP contribution in [0.3, 0.4) is 0 Å². The molecule has 0 unspecified atom stereocenters. The Hall–Kier alpha value is -1.02. The van der Waals surface area contributed by atoms with Gasteiger partial charge in [0, 0.05) is 16.6 Å². The number of nitrogens with one attached hydrogen (secondary N) is 1. The summed E-state index contributed by atoms with van der Waals surface area (Å²) in [6, 6.07) is 5.74. The molecule has 0 heterocycles. The van der Waals surface area contributed by atoms with Gasteiger partial charge in [-0.3, -0.25) is 4.79 Å². The Morgan fingerprint density at radius 2 is 2.06 bits per heavy atom. The van der Waals surface area contributed by atoms with Crippen molar-refractivity contribution < 1.29 is 4.79 Å². The van der Waals surface area contributed by atoms with Crippen molar-refractivity contribution in [2.75, 3.05) is 0 Å². The van der Waals surface area contributed by atoms with E-state index in [1.165, 1.54) is 12.8 Å². The SMILES string of the molecule is Cc1cc(Cl)ccc1C(=O)NC1CCCC1. The molecular weight excluding hydrogens is 222 g/mol. The number of hydrogen-bond donors (Lipinski definition) is 1. The third-order valence-corrected chi connectivity index (χ3v) is 3.36. The number of benzene rings is 1. The van der Waals surface area contributed by atoms with Crippen LogP contribution in [0.5, 0.6) is 0 Å². The average Bonchev–Trinajstić information content (AvgIpc) is 2.70. The maximum atomic E-state index is 12.0. The zero-order valence-electron chi connectivity index (χ0n) is 9.42. The molecule has 0 atom stereocenters. The van der Waals surface area contributed by atoms with Crippen LogP contribution in [-0.4, -0.2) is 11.9 Å². The minimum absolute atomic E-state index is 0.0288. The Bertz CT molecular complexity index is 397. The number of halogens is 1. The van der Waals surface area contributed by atoms with Gasteiger partial charge in [0.1, 0.15) is 0 Å². The van der Waals surface area contributed by atoms with Gasteiger partial charge in [-0.05, 0) is 43.5 Å². The topological polar surface area (TPSA) is 29.1 Å². The van der Waals surface area contributed by atoms with Crippen LogP contribution >= 0.6 is 11.6 Å². The molecule has 1 aliphatic carbocycles. The van der Waals surface area contributed by atoms with Gasteiger partial charge in [-0.15, -0.1) is 0 Å². The molecule has 2 nitrogen and oxygen atoms in total. The van der Waals surface area contributed by atoms with Gasteiger partial charge in [0.15, 0.2) is 0 Å². The third kappa shape index (κ3) is 2.56. The van der Waals surface area contributed by atoms with Crippen LogP contribution < -0.4 is 5.32 Å². The molecule has 0 bridgehead atoms. The van der Waals surface area contributed by atoms with Crippen LogP contribution in [0.1, 0.15) is 41.6 Å². The zero-order chi connectivity index (χ0) is 11.5. The van der Waals surface area contributed by atoms with E-state index in [2.05, 4.69) is 5.32 Å². The fourth-order valence-electron chi connectivity index (χ4n) is 2.22. The fraction of sp³-hybridized carbons (Fsp3) is 0.462. The lowest BCUT2D eigenvalue weighted by molar-refractivity contribution is 0.0937. The Balaban J connectivity index is 2.08. The Morgan fingerprint density at radius 3 is 2.69 bits per heavy atom. The van der Waals surface area contributed by atoms with E-state index in [1.807, 2.05) is 13.0 Å². The molecule has 3 heteroatoms. The highest BCUT2D eigenvalue weighted by atomic mass is 35.5. The van der Waals surface area contributed by atoms with Gasteiger partial charge in [0.05, 0.1) is 0 Å². The van der Waals surface area contributed by atoms with Gasteiger partial charge in [-0.2, -0.15) is 0 Å². The lowest BCUT2D eigenvalue weighted by Gasteiger charge is -2.13. The van der Waals surface area contributed by atoms with E-state index in [0.717, 1.165) is 24.0 Å². The lowest BCUT2D eigenvalue weighted by atomic mass is 10.1. The van der Waals surface area contributed by atoms with Crippen LogP contribution in [0, 0.1) is 6.92 Å². The number of rotatable bonds is 2. The van der Waals surface area contributed by atoms with Crippen molar-refractivity contribution in [1.82, 2.24) is 5.32 Å². The molecular formula is C13H16ClNO. The van der Waals surface area contributed by atoms with Gasteiger partial charge < -0.3 is 5.32 Å². The monoisotopic (exact) mass is 237 g/mol. The second-order valence-electron chi connectivity index (χ2n) is 4.41. The van der Waals surface area contributed by atoms with E-state index >= 15 is 0 Å². The number of aryl methyl sites for hydroxylation is 1. The minimum atomic E-state index is 0.0288. The third-order valence-electron chi connectivity index (χ3n) is 3.12. The largest absolute Gasteiger partial charge is 0.349 e. The van der Waals surface area contributed by atoms with Crippen LogP contribution in [0.2, 0.25) is 5.02 Å². The molecule has 1 aromatic carbocycles. The summed E-state index contributed by atoms with van der Waals surface area (Å²) in [5, 5.41) is 3.75. The molecule has 1 aromatic rings. The molecule has 16 heavy (non-hydrogen) atoms. The maximum absolute atomic E-state index is 12.0. The fourth-order valence-corrected chi connectivity index (χ4v) is 2.44. The number of hydrogen-bond acceptors (Lipinski definition) is 1. The highest BCUT2D eigenvalue weighted by molar-refractivity contribution is 6.30. The standard InChI is InChI=1S/C13H16ClNO/c1-9-8-10(14)6-7-12(9)13(16)15-11-4-2-3-5-11/h6-8,11H,2-5H2,1H3,(H,15,16). The summed E-state index contributed by atoms with van der Waals surface area (Å²) in [5.41, 5.74) is 1.67. The van der Waals surface area contributed by atoms with Crippen molar-refractivity contribution in [1.29, 1.82) is 0 Å². The van der Waals surface area contributed by atoms with Crippen molar-refractivity contribution in [2.24, 2.45) is 0 Å². The van der Waals surface area contributed by atoms with Gasteiger partial charge in [-0.1, -0.05) is 24.4 Å². The predicted octanol–water partition coefficient (Wildman–Crippen LogP) is 3.32. The van der Waals surface area contributed by atoms with Gasteiger partial charge >= 0.3 is 0 Å². The minimum Gasteiger partial charge on any atom is -0.349 e. The van der Waals surface area contributed by atoms with Gasteiger partial charge in [0.25, 0.3) is 5.91 Å². The van der Waals surface area contributed by atoms with Crippen LogP contribution in [0.25, 0.3) is 0 Å². The van der Waals surface area contributed by atoms with Gasteiger partial charge in [0.2, 0.25) is 0 Å². The molecule has 1 saturated carbocycles. The molecule has 2 rings (SSSR count). The van der Waals surface area contributed by atoms with Crippen LogP contribution in [0.15, 0.2) is 18.2 Å². The molecule has 0 spiro atoms. The summed E-state index contributed by atoms with van der Waals surface area (Å²) in [6.07, 6.45) is 4.67. The number of amides is 1. The molecule has 0 aromatic heterocycles.